The van der Waals surface area contributed by atoms with Gasteiger partial charge in [0.15, 0.2) is 0 Å². The summed E-state index contributed by atoms with van der Waals surface area (Å²) in [7, 11) is -3.79. The van der Waals surface area contributed by atoms with Crippen LogP contribution in [0, 0.1) is 11.8 Å². The molecule has 14 heteroatoms. The monoisotopic (exact) mass is 664 g/mol. The average Bonchev–Trinajstić information content (AvgIpc) is 3.45. The molecule has 2 aromatic rings. The van der Waals surface area contributed by atoms with Gasteiger partial charge in [0.05, 0.1) is 4.90 Å². The van der Waals surface area contributed by atoms with Gasteiger partial charge in [-0.25, -0.2) is 22.2 Å². The predicted octanol–water partition coefficient (Wildman–Crippen LogP) is 3.88. The second-order valence-electron chi connectivity index (χ2n) is 12.7. The minimum absolute atomic E-state index is 0.0272. The quantitative estimate of drug-likeness (QED) is 0.410. The van der Waals surface area contributed by atoms with Crippen LogP contribution in [0.3, 0.4) is 0 Å². The molecule has 0 spiro atoms. The van der Waals surface area contributed by atoms with Crippen LogP contribution in [0.2, 0.25) is 5.15 Å². The van der Waals surface area contributed by atoms with Crippen molar-refractivity contribution in [3.05, 3.63) is 47.1 Å². The number of benzene rings is 1. The number of hydrogen-bond acceptors (Lipinski definition) is 7. The Balaban J connectivity index is 1.06. The number of nitrogens with two attached hydrogens (primary N) is 1. The molecule has 244 valence electrons. The number of hydrogen-bond donors (Lipinski definition) is 2. The molecular weight excluding hydrogens is 626 g/mol. The van der Waals surface area contributed by atoms with Crippen LogP contribution in [-0.4, -0.2) is 74.3 Å². The smallest absolute Gasteiger partial charge is 0.276 e. The van der Waals surface area contributed by atoms with Crippen LogP contribution >= 0.6 is 11.6 Å². The molecule has 2 aliphatic heterocycles. The molecule has 2 aliphatic carbocycles. The Morgan fingerprint density at radius 3 is 2.27 bits per heavy atom. The van der Waals surface area contributed by atoms with E-state index in [1.54, 1.807) is 21.9 Å². The van der Waals surface area contributed by atoms with Gasteiger partial charge in [-0.1, -0.05) is 11.6 Å². The molecule has 2 saturated carbocycles. The van der Waals surface area contributed by atoms with Crippen LogP contribution < -0.4 is 20.9 Å². The fourth-order valence-corrected chi connectivity index (χ4v) is 8.54. The Labute approximate surface area is 267 Å². The molecule has 2 saturated heterocycles. The number of amides is 2. The lowest BCUT2D eigenvalue weighted by Crippen LogP contribution is -2.52. The first-order valence-electron chi connectivity index (χ1n) is 15.7. The van der Waals surface area contributed by atoms with Gasteiger partial charge in [0.25, 0.3) is 5.92 Å². The van der Waals surface area contributed by atoms with Gasteiger partial charge in [-0.05, 0) is 81.3 Å². The van der Waals surface area contributed by atoms with Crippen LogP contribution in [0.25, 0.3) is 0 Å². The van der Waals surface area contributed by atoms with Crippen molar-refractivity contribution in [2.24, 2.45) is 17.6 Å². The Bertz CT molecular complexity index is 1520. The first-order chi connectivity index (χ1) is 21.4. The maximum atomic E-state index is 15.8. The van der Waals surface area contributed by atoms with E-state index in [4.69, 9.17) is 17.3 Å². The molecule has 0 radical (unpaired) electrons. The zero-order valence-electron chi connectivity index (χ0n) is 25.0. The summed E-state index contributed by atoms with van der Waals surface area (Å²) in [6.45, 7) is 1.42. The first-order valence-corrected chi connectivity index (χ1v) is 17.5. The summed E-state index contributed by atoms with van der Waals surface area (Å²) >= 11 is 6.24. The molecule has 3 heterocycles. The number of carbonyl (C=O) groups is 2. The zero-order valence-corrected chi connectivity index (χ0v) is 26.6. The van der Waals surface area contributed by atoms with E-state index in [1.807, 2.05) is 0 Å². The highest BCUT2D eigenvalue weighted by molar-refractivity contribution is 7.89. The van der Waals surface area contributed by atoms with Gasteiger partial charge in [0.1, 0.15) is 11.0 Å². The SMILES string of the molecule is NC1CC(NC(=O)[C@H]2CC[C@H](C(F)(F)c3cc(Cl)nc(N4CCN(S(=O)(=O)c5ccc(N6CCCC6=O)cc5)CC4)c3)CC2)C1. The van der Waals surface area contributed by atoms with Gasteiger partial charge in [-0.15, -0.1) is 0 Å². The molecule has 0 atom stereocenters. The molecule has 0 unspecified atom stereocenters. The maximum Gasteiger partial charge on any atom is 0.276 e. The van der Waals surface area contributed by atoms with Gasteiger partial charge in [-0.2, -0.15) is 4.31 Å². The highest BCUT2D eigenvalue weighted by Gasteiger charge is 2.45. The second kappa shape index (κ2) is 12.7. The highest BCUT2D eigenvalue weighted by Crippen LogP contribution is 2.46. The van der Waals surface area contributed by atoms with Crippen molar-refractivity contribution in [1.82, 2.24) is 14.6 Å². The summed E-state index contributed by atoms with van der Waals surface area (Å²) in [5.74, 6) is -4.13. The van der Waals surface area contributed by atoms with Crippen LogP contribution in [0.1, 0.15) is 56.9 Å². The normalized spacial score (nSPS) is 26.5. The van der Waals surface area contributed by atoms with Crippen LogP contribution in [0.15, 0.2) is 41.3 Å². The van der Waals surface area contributed by atoms with Crippen LogP contribution in [-0.2, 0) is 25.5 Å². The van der Waals surface area contributed by atoms with Gasteiger partial charge in [0.2, 0.25) is 21.8 Å². The average molecular weight is 665 g/mol. The van der Waals surface area contributed by atoms with Gasteiger partial charge in [0, 0.05) is 74.3 Å². The fourth-order valence-electron chi connectivity index (χ4n) is 6.92. The van der Waals surface area contributed by atoms with E-state index < -0.39 is 21.9 Å². The Morgan fingerprint density at radius 2 is 1.67 bits per heavy atom. The lowest BCUT2D eigenvalue weighted by atomic mass is 9.76. The summed E-state index contributed by atoms with van der Waals surface area (Å²) in [5.41, 5.74) is 6.25. The molecule has 4 fully saturated rings. The fraction of sp³-hybridized carbons (Fsp3) is 0.581. The Kier molecular flexibility index (Phi) is 9.08. The number of carbonyl (C=O) groups excluding carboxylic acids is 2. The van der Waals surface area contributed by atoms with Crippen LogP contribution in [0.4, 0.5) is 20.3 Å². The van der Waals surface area contributed by atoms with Crippen molar-refractivity contribution in [2.75, 3.05) is 42.5 Å². The summed E-state index contributed by atoms with van der Waals surface area (Å²) in [4.78, 5) is 32.5. The molecule has 3 N–H and O–H groups in total. The number of aromatic nitrogens is 1. The van der Waals surface area contributed by atoms with Gasteiger partial charge >= 0.3 is 0 Å². The van der Waals surface area contributed by atoms with Crippen molar-refractivity contribution in [2.45, 2.75) is 74.3 Å². The van der Waals surface area contributed by atoms with E-state index in [0.717, 1.165) is 19.3 Å². The van der Waals surface area contributed by atoms with E-state index in [9.17, 15) is 18.0 Å². The minimum atomic E-state index is -3.79. The number of piperazine rings is 1. The molecule has 6 rings (SSSR count). The number of anilines is 2. The number of pyridine rings is 1. The van der Waals surface area contributed by atoms with Crippen molar-refractivity contribution in [3.8, 4) is 0 Å². The largest absolute Gasteiger partial charge is 0.354 e. The number of rotatable bonds is 8. The van der Waals surface area contributed by atoms with E-state index in [-0.39, 0.29) is 90.3 Å². The molecule has 4 aliphatic rings. The number of sulfonamides is 1. The van der Waals surface area contributed by atoms with Crippen molar-refractivity contribution in [3.63, 3.8) is 0 Å². The number of nitrogens with one attached hydrogen (secondary N) is 1. The standard InChI is InChI=1S/C31H39ClF2N6O4S/c32-27-16-22(31(33,34)21-5-3-20(4-6-21)30(42)36-24-18-23(35)19-24)17-28(37-27)38-12-14-39(15-13-38)45(43,44)26-9-7-25(8-10-26)40-11-1-2-29(40)41/h7-10,16-17,20-21,23-24H,1-6,11-15,18-19,35H2,(H,36,42)/t20-,21-,23?,24?. The Hall–Kier alpha value is -2.87. The minimum Gasteiger partial charge on any atom is -0.354 e. The number of nitrogens with zero attached hydrogens (tertiary/aromatic N) is 4. The summed E-state index contributed by atoms with van der Waals surface area (Å²) < 4.78 is 59.8. The maximum absolute atomic E-state index is 15.8. The predicted molar refractivity (Wildman–Crippen MR) is 167 cm³/mol. The van der Waals surface area contributed by atoms with Gasteiger partial charge in [-0.3, -0.25) is 9.59 Å². The number of alkyl halides is 2. The topological polar surface area (TPSA) is 129 Å². The molecular formula is C31H39ClF2N6O4S. The van der Waals surface area contributed by atoms with Crippen LogP contribution in [0.5, 0.6) is 0 Å². The zero-order chi connectivity index (χ0) is 31.9. The lowest BCUT2D eigenvalue weighted by Gasteiger charge is -2.37. The molecule has 2 amide bonds. The third-order valence-corrected chi connectivity index (χ3v) is 11.8. The van der Waals surface area contributed by atoms with E-state index >= 15 is 8.78 Å². The van der Waals surface area contributed by atoms with Crippen molar-refractivity contribution >= 4 is 44.9 Å². The summed E-state index contributed by atoms with van der Waals surface area (Å²) in [6.07, 6.45) is 4.01. The molecule has 1 aromatic heterocycles. The molecule has 1 aromatic carbocycles. The Morgan fingerprint density at radius 1 is 1.00 bits per heavy atom. The third-order valence-electron chi connectivity index (χ3n) is 9.72. The summed E-state index contributed by atoms with van der Waals surface area (Å²) in [6, 6.07) is 9.09. The second-order valence-corrected chi connectivity index (χ2v) is 15.0. The van der Waals surface area contributed by atoms with E-state index in [2.05, 4.69) is 10.3 Å². The molecule has 0 bridgehead atoms. The van der Waals surface area contributed by atoms with Gasteiger partial charge < -0.3 is 20.9 Å². The lowest BCUT2D eigenvalue weighted by molar-refractivity contribution is -0.130. The third kappa shape index (κ3) is 6.68. The highest BCUT2D eigenvalue weighted by atomic mass is 35.5. The van der Waals surface area contributed by atoms with E-state index in [0.29, 0.717) is 31.5 Å². The molecule has 45 heavy (non-hydrogen) atoms. The number of halogens is 3. The van der Waals surface area contributed by atoms with Crippen molar-refractivity contribution in [1.29, 1.82) is 0 Å². The summed E-state index contributed by atoms with van der Waals surface area (Å²) in [5, 5.41) is 2.94. The van der Waals surface area contributed by atoms with Crippen molar-refractivity contribution < 1.29 is 26.8 Å². The first kappa shape index (κ1) is 32.1. The molecule has 10 nitrogen and oxygen atoms in total. The van der Waals surface area contributed by atoms with E-state index in [1.165, 1.54) is 28.6 Å².